The molecule has 1 N–H and O–H groups in total. The molecule has 0 atom stereocenters. The van der Waals surface area contributed by atoms with E-state index in [4.69, 9.17) is 15.0 Å². The first-order chi connectivity index (χ1) is 16.7. The quantitative estimate of drug-likeness (QED) is 0.631. The fraction of sp³-hybridized carbons (Fsp3) is 0.522. The second kappa shape index (κ2) is 10.2. The molecule has 4 rings (SSSR count). The molecule has 1 saturated heterocycles. The van der Waals surface area contributed by atoms with Crippen molar-refractivity contribution in [3.63, 3.8) is 0 Å². The summed E-state index contributed by atoms with van der Waals surface area (Å²) in [6, 6.07) is 5.58. The number of piperidine rings is 1. The van der Waals surface area contributed by atoms with Gasteiger partial charge in [-0.2, -0.15) is 18.3 Å². The molecule has 1 spiro atoms. The van der Waals surface area contributed by atoms with Crippen molar-refractivity contribution in [2.45, 2.75) is 37.9 Å². The van der Waals surface area contributed by atoms with Crippen LogP contribution in [0.1, 0.15) is 40.3 Å². The summed E-state index contributed by atoms with van der Waals surface area (Å²) >= 11 is 0. The number of pyridine rings is 1. The monoisotopic (exact) mass is 510 g/mol. The highest BCUT2D eigenvalue weighted by Crippen LogP contribution is 2.41. The van der Waals surface area contributed by atoms with Gasteiger partial charge in [-0.25, -0.2) is 14.6 Å². The van der Waals surface area contributed by atoms with Crippen LogP contribution in [0.5, 0.6) is 0 Å². The zero-order chi connectivity index (χ0) is 26.8. The molecule has 0 aliphatic carbocycles. The topological polar surface area (TPSA) is 112 Å². The third kappa shape index (κ3) is 5.77. The predicted octanol–water partition coefficient (Wildman–Crippen LogP) is 2.43. The van der Waals surface area contributed by atoms with Crippen LogP contribution < -0.4 is 0 Å². The van der Waals surface area contributed by atoms with E-state index in [1.807, 2.05) is 46.8 Å². The van der Waals surface area contributed by atoms with Crippen LogP contribution in [0.2, 0.25) is 0 Å². The van der Waals surface area contributed by atoms with Crippen LogP contribution in [0, 0.1) is 6.92 Å². The van der Waals surface area contributed by atoms with Crippen molar-refractivity contribution in [1.82, 2.24) is 29.5 Å². The fourth-order valence-corrected chi connectivity index (χ4v) is 4.57. The van der Waals surface area contributed by atoms with E-state index in [1.165, 1.54) is 0 Å². The number of halogens is 3. The van der Waals surface area contributed by atoms with Crippen LogP contribution in [0.15, 0.2) is 24.4 Å². The second-order valence-corrected chi connectivity index (χ2v) is 9.25. The van der Waals surface area contributed by atoms with Crippen molar-refractivity contribution >= 4 is 17.9 Å². The number of amides is 3. The van der Waals surface area contributed by atoms with Gasteiger partial charge in [-0.05, 0) is 31.9 Å². The molecule has 0 bridgehead atoms. The maximum Gasteiger partial charge on any atom is 0.490 e. The Balaban J connectivity index is 0.000000454. The Labute approximate surface area is 206 Å². The largest absolute Gasteiger partial charge is 0.490 e. The fourth-order valence-electron chi connectivity index (χ4n) is 4.57. The van der Waals surface area contributed by atoms with Gasteiger partial charge in [0.2, 0.25) is 0 Å². The number of hydrogen-bond donors (Lipinski definition) is 1. The zero-order valence-electron chi connectivity index (χ0n) is 20.5. The first-order valence-electron chi connectivity index (χ1n) is 11.3. The van der Waals surface area contributed by atoms with E-state index in [0.29, 0.717) is 31.9 Å². The Morgan fingerprint density at radius 2 is 1.72 bits per heavy atom. The van der Waals surface area contributed by atoms with Gasteiger partial charge < -0.3 is 19.8 Å². The number of nitrogens with zero attached hydrogens (tertiary/aromatic N) is 6. The van der Waals surface area contributed by atoms with Crippen LogP contribution in [-0.4, -0.2) is 92.4 Å². The number of urea groups is 1. The van der Waals surface area contributed by atoms with Crippen LogP contribution >= 0.6 is 0 Å². The molecule has 0 radical (unpaired) electrons. The lowest BCUT2D eigenvalue weighted by Gasteiger charge is -2.46. The number of aromatic nitrogens is 3. The van der Waals surface area contributed by atoms with E-state index in [9.17, 15) is 22.8 Å². The van der Waals surface area contributed by atoms with E-state index < -0.39 is 12.1 Å². The average Bonchev–Trinajstić information content (AvgIpc) is 3.19. The Morgan fingerprint density at radius 3 is 2.25 bits per heavy atom. The summed E-state index contributed by atoms with van der Waals surface area (Å²) in [4.78, 5) is 44.3. The number of carboxylic acid groups (broad SMARTS) is 1. The van der Waals surface area contributed by atoms with Crippen LogP contribution in [0.25, 0.3) is 0 Å². The van der Waals surface area contributed by atoms with E-state index >= 15 is 0 Å². The maximum absolute atomic E-state index is 13.2. The van der Waals surface area contributed by atoms with Gasteiger partial charge in [-0.1, -0.05) is 6.07 Å². The molecule has 4 heterocycles. The summed E-state index contributed by atoms with van der Waals surface area (Å²) in [5.74, 6) is -2.80. The van der Waals surface area contributed by atoms with Crippen molar-refractivity contribution in [3.8, 4) is 0 Å². The molecule has 2 aromatic rings. The Kier molecular flexibility index (Phi) is 7.60. The predicted molar refractivity (Wildman–Crippen MR) is 122 cm³/mol. The molecule has 36 heavy (non-hydrogen) atoms. The van der Waals surface area contributed by atoms with Gasteiger partial charge >= 0.3 is 18.2 Å². The van der Waals surface area contributed by atoms with Gasteiger partial charge in [0.25, 0.3) is 5.91 Å². The molecular formula is C23H29F3N6O4. The molecule has 10 nitrogen and oxygen atoms in total. The molecule has 2 aliphatic rings. The third-order valence-electron chi connectivity index (χ3n) is 6.27. The maximum atomic E-state index is 13.2. The number of rotatable bonds is 1. The lowest BCUT2D eigenvalue weighted by Crippen LogP contribution is -2.55. The summed E-state index contributed by atoms with van der Waals surface area (Å²) in [6.45, 7) is 4.37. The number of likely N-dealkylation sites (tertiary alicyclic amines) is 1. The lowest BCUT2D eigenvalue weighted by atomic mass is 9.72. The van der Waals surface area contributed by atoms with E-state index in [1.54, 1.807) is 25.1 Å². The Bertz CT molecular complexity index is 1140. The second-order valence-electron chi connectivity index (χ2n) is 9.25. The molecule has 3 amide bonds. The third-order valence-corrected chi connectivity index (χ3v) is 6.27. The van der Waals surface area contributed by atoms with Gasteiger partial charge in [0.15, 0.2) is 0 Å². The normalized spacial score (nSPS) is 16.6. The highest BCUT2D eigenvalue weighted by atomic mass is 19.4. The van der Waals surface area contributed by atoms with Gasteiger partial charge in [-0.3, -0.25) is 9.48 Å². The van der Waals surface area contributed by atoms with Gasteiger partial charge in [0, 0.05) is 70.2 Å². The van der Waals surface area contributed by atoms with Crippen molar-refractivity contribution in [1.29, 1.82) is 0 Å². The number of carboxylic acids is 1. The minimum absolute atomic E-state index is 0.0359. The summed E-state index contributed by atoms with van der Waals surface area (Å²) in [7, 11) is 5.48. The average molecular weight is 511 g/mol. The van der Waals surface area contributed by atoms with Gasteiger partial charge in [0.1, 0.15) is 5.69 Å². The zero-order valence-corrected chi connectivity index (χ0v) is 20.5. The molecule has 0 aromatic carbocycles. The van der Waals surface area contributed by atoms with Crippen LogP contribution in [-0.2, 0) is 23.8 Å². The number of aliphatic carboxylic acids is 1. The Hall–Kier alpha value is -3.64. The number of alkyl halides is 3. The summed E-state index contributed by atoms with van der Waals surface area (Å²) in [5.41, 5.74) is 3.26. The highest BCUT2D eigenvalue weighted by molar-refractivity contribution is 5.92. The molecule has 0 unspecified atom stereocenters. The van der Waals surface area contributed by atoms with Crippen molar-refractivity contribution < 1.29 is 32.7 Å². The molecule has 2 aromatic heterocycles. The smallest absolute Gasteiger partial charge is 0.475 e. The minimum atomic E-state index is -5.08. The number of hydrogen-bond acceptors (Lipinski definition) is 5. The van der Waals surface area contributed by atoms with E-state index in [0.717, 1.165) is 29.8 Å². The molecule has 0 saturated carbocycles. The minimum Gasteiger partial charge on any atom is -0.475 e. The summed E-state index contributed by atoms with van der Waals surface area (Å²) < 4.78 is 33.6. The van der Waals surface area contributed by atoms with Gasteiger partial charge in [-0.15, -0.1) is 0 Å². The first-order valence-corrected chi connectivity index (χ1v) is 11.3. The highest BCUT2D eigenvalue weighted by Gasteiger charge is 2.46. The van der Waals surface area contributed by atoms with Crippen LogP contribution in [0.4, 0.5) is 18.0 Å². The number of aryl methyl sites for hydroxylation is 2. The van der Waals surface area contributed by atoms with Crippen molar-refractivity contribution in [2.24, 2.45) is 7.05 Å². The van der Waals surface area contributed by atoms with Crippen molar-refractivity contribution in [3.05, 3.63) is 47.0 Å². The summed E-state index contributed by atoms with van der Waals surface area (Å²) in [5, 5.41) is 11.9. The molecule has 1 fully saturated rings. The van der Waals surface area contributed by atoms with Gasteiger partial charge in [0.05, 0.1) is 5.69 Å². The standard InChI is InChI=1S/C21H28N6O2.C2HF3O2/c1-15-6-5-7-17(22-15)19(28)27-13-16-12-25(4)23-18(16)21(14-27)8-10-26(11-9-21)20(29)24(2)3;3-2(4,5)1(6)7/h5-7,12H,8-11,13-14H2,1-4H3;(H,6,7). The van der Waals surface area contributed by atoms with E-state index in [-0.39, 0.29) is 17.4 Å². The molecule has 2 aliphatic heterocycles. The number of fused-ring (bicyclic) bond motifs is 2. The SMILES string of the molecule is Cc1cccc(C(=O)N2Cc3cn(C)nc3C3(CCN(C(=O)N(C)C)CC3)C2)n1.O=C(O)C(F)(F)F. The molecule has 196 valence electrons. The molecular weight excluding hydrogens is 481 g/mol. The van der Waals surface area contributed by atoms with E-state index in [2.05, 4.69) is 4.98 Å². The number of carbonyl (C=O) groups excluding carboxylic acids is 2. The van der Waals surface area contributed by atoms with Crippen molar-refractivity contribution in [2.75, 3.05) is 33.7 Å². The van der Waals surface area contributed by atoms with Crippen LogP contribution in [0.3, 0.4) is 0 Å². The summed E-state index contributed by atoms with van der Waals surface area (Å²) in [6.07, 6.45) is -1.49. The molecule has 13 heteroatoms. The first kappa shape index (κ1) is 27.0. The number of carbonyl (C=O) groups is 3. The lowest BCUT2D eigenvalue weighted by molar-refractivity contribution is -0.192. The Morgan fingerprint density at radius 1 is 1.11 bits per heavy atom.